The zero-order chi connectivity index (χ0) is 10.8. The Bertz CT molecular complexity index is 350. The molecule has 2 N–H and O–H groups in total. The van der Waals surface area contributed by atoms with Crippen LogP contribution in [-0.4, -0.2) is 7.11 Å². The monoisotopic (exact) mass is 241 g/mol. The van der Waals surface area contributed by atoms with Crippen molar-refractivity contribution < 1.29 is 4.74 Å². The molecule has 1 saturated carbocycles. The highest BCUT2D eigenvalue weighted by atomic mass is 35.5. The van der Waals surface area contributed by atoms with Gasteiger partial charge in [0.2, 0.25) is 0 Å². The Morgan fingerprint density at radius 2 is 2.12 bits per heavy atom. The largest absolute Gasteiger partial charge is 0.496 e. The highest BCUT2D eigenvalue weighted by Crippen LogP contribution is 2.37. The molecule has 0 bridgehead atoms. The first-order valence-electron chi connectivity index (χ1n) is 5.61. The van der Waals surface area contributed by atoms with Crippen molar-refractivity contribution in [3.63, 3.8) is 0 Å². The first-order chi connectivity index (χ1) is 7.20. The number of ether oxygens (including phenoxy) is 1. The van der Waals surface area contributed by atoms with Crippen molar-refractivity contribution in [1.82, 2.24) is 0 Å². The fraction of sp³-hybridized carbons (Fsp3) is 0.538. The zero-order valence-electron chi connectivity index (χ0n) is 9.90. The van der Waals surface area contributed by atoms with Gasteiger partial charge in [0.05, 0.1) is 7.11 Å². The molecule has 0 unspecified atom stereocenters. The second-order valence-corrected chi connectivity index (χ2v) is 4.51. The van der Waals surface area contributed by atoms with E-state index in [0.29, 0.717) is 0 Å². The molecule has 16 heavy (non-hydrogen) atoms. The van der Waals surface area contributed by atoms with Gasteiger partial charge < -0.3 is 10.5 Å². The summed E-state index contributed by atoms with van der Waals surface area (Å²) in [5.41, 5.74) is 8.52. The van der Waals surface area contributed by atoms with Crippen molar-refractivity contribution in [2.45, 2.75) is 32.2 Å². The van der Waals surface area contributed by atoms with Crippen molar-refractivity contribution in [2.24, 2.45) is 11.7 Å². The summed E-state index contributed by atoms with van der Waals surface area (Å²) >= 11 is 0. The summed E-state index contributed by atoms with van der Waals surface area (Å²) in [6.07, 6.45) is 3.83. The van der Waals surface area contributed by atoms with Crippen molar-refractivity contribution in [1.29, 1.82) is 0 Å². The maximum Gasteiger partial charge on any atom is 0.122 e. The van der Waals surface area contributed by atoms with Gasteiger partial charge >= 0.3 is 0 Å². The normalized spacial score (nSPS) is 16.4. The Labute approximate surface area is 104 Å². The SMILES string of the molecule is COc1cc([C@@H](N)CC2CC2)ccc1C.Cl. The highest BCUT2D eigenvalue weighted by Gasteiger charge is 2.24. The van der Waals surface area contributed by atoms with Gasteiger partial charge in [-0.15, -0.1) is 12.4 Å². The molecule has 0 aromatic heterocycles. The molecule has 1 aromatic carbocycles. The van der Waals surface area contributed by atoms with Crippen LogP contribution in [0, 0.1) is 12.8 Å². The molecular formula is C13H20ClNO. The van der Waals surface area contributed by atoms with Crippen LogP contribution < -0.4 is 10.5 Å². The Morgan fingerprint density at radius 3 is 2.69 bits per heavy atom. The standard InChI is InChI=1S/C13H19NO.ClH/c1-9-3-6-11(8-13(9)15-2)12(14)7-10-4-5-10;/h3,6,8,10,12H,4-5,7,14H2,1-2H3;1H/t12-;/m0./s1. The zero-order valence-corrected chi connectivity index (χ0v) is 10.7. The van der Waals surface area contributed by atoms with E-state index in [4.69, 9.17) is 10.5 Å². The van der Waals surface area contributed by atoms with Crippen LogP contribution >= 0.6 is 12.4 Å². The maximum absolute atomic E-state index is 6.15. The number of aryl methyl sites for hydroxylation is 1. The van der Waals surface area contributed by atoms with Crippen LogP contribution in [0.3, 0.4) is 0 Å². The van der Waals surface area contributed by atoms with Crippen LogP contribution in [0.5, 0.6) is 5.75 Å². The summed E-state index contributed by atoms with van der Waals surface area (Å²) in [4.78, 5) is 0. The molecule has 0 aliphatic heterocycles. The molecule has 2 nitrogen and oxygen atoms in total. The van der Waals surface area contributed by atoms with E-state index in [9.17, 15) is 0 Å². The Morgan fingerprint density at radius 1 is 1.44 bits per heavy atom. The molecule has 1 fully saturated rings. The topological polar surface area (TPSA) is 35.2 Å². The molecule has 3 heteroatoms. The number of halogens is 1. The third-order valence-electron chi connectivity index (χ3n) is 3.14. The van der Waals surface area contributed by atoms with Gasteiger partial charge in [-0.3, -0.25) is 0 Å². The van der Waals surface area contributed by atoms with Gasteiger partial charge in [0.15, 0.2) is 0 Å². The second-order valence-electron chi connectivity index (χ2n) is 4.51. The molecule has 1 aromatic rings. The molecule has 0 amide bonds. The first-order valence-corrected chi connectivity index (χ1v) is 5.61. The maximum atomic E-state index is 6.15. The first kappa shape index (κ1) is 13.3. The van der Waals surface area contributed by atoms with Gasteiger partial charge in [0, 0.05) is 6.04 Å². The summed E-state index contributed by atoms with van der Waals surface area (Å²) in [7, 11) is 1.71. The van der Waals surface area contributed by atoms with E-state index in [-0.39, 0.29) is 18.4 Å². The summed E-state index contributed by atoms with van der Waals surface area (Å²) in [6.45, 7) is 2.05. The lowest BCUT2D eigenvalue weighted by Crippen LogP contribution is -2.11. The van der Waals surface area contributed by atoms with Gasteiger partial charge in [-0.1, -0.05) is 25.0 Å². The number of nitrogens with two attached hydrogens (primary N) is 1. The quantitative estimate of drug-likeness (QED) is 0.879. The third-order valence-corrected chi connectivity index (χ3v) is 3.14. The number of methoxy groups -OCH3 is 1. The molecule has 1 aliphatic carbocycles. The Balaban J connectivity index is 0.00000128. The molecule has 0 radical (unpaired) electrons. The van der Waals surface area contributed by atoms with Crippen molar-refractivity contribution in [3.8, 4) is 5.75 Å². The lowest BCUT2D eigenvalue weighted by Gasteiger charge is -2.13. The molecule has 90 valence electrons. The van der Waals surface area contributed by atoms with Crippen LogP contribution in [0.1, 0.15) is 36.4 Å². The second kappa shape index (κ2) is 5.55. The minimum Gasteiger partial charge on any atom is -0.496 e. The lowest BCUT2D eigenvalue weighted by atomic mass is 10.0. The number of benzene rings is 1. The van der Waals surface area contributed by atoms with Crippen LogP contribution in [-0.2, 0) is 0 Å². The van der Waals surface area contributed by atoms with Crippen molar-refractivity contribution in [2.75, 3.05) is 7.11 Å². The molecular weight excluding hydrogens is 222 g/mol. The molecule has 1 aliphatic rings. The molecule has 0 heterocycles. The fourth-order valence-corrected chi connectivity index (χ4v) is 1.92. The number of hydrogen-bond acceptors (Lipinski definition) is 2. The minimum absolute atomic E-state index is 0. The van der Waals surface area contributed by atoms with E-state index >= 15 is 0 Å². The Kier molecular flexibility index (Phi) is 4.63. The van der Waals surface area contributed by atoms with Crippen LogP contribution in [0.4, 0.5) is 0 Å². The summed E-state index contributed by atoms with van der Waals surface area (Å²) in [5, 5.41) is 0. The van der Waals surface area contributed by atoms with Gasteiger partial charge in [-0.25, -0.2) is 0 Å². The molecule has 1 atom stereocenters. The Hall–Kier alpha value is -0.730. The van der Waals surface area contributed by atoms with E-state index in [1.165, 1.54) is 24.0 Å². The van der Waals surface area contributed by atoms with Crippen molar-refractivity contribution in [3.05, 3.63) is 29.3 Å². The van der Waals surface area contributed by atoms with E-state index in [1.54, 1.807) is 7.11 Å². The van der Waals surface area contributed by atoms with Gasteiger partial charge in [0.1, 0.15) is 5.75 Å². The average Bonchev–Trinajstić information content (AvgIpc) is 3.02. The predicted octanol–water partition coefficient (Wildman–Crippen LogP) is 3.23. The van der Waals surface area contributed by atoms with E-state index in [0.717, 1.165) is 18.1 Å². The van der Waals surface area contributed by atoms with Crippen LogP contribution in [0.2, 0.25) is 0 Å². The summed E-state index contributed by atoms with van der Waals surface area (Å²) in [5.74, 6) is 1.81. The predicted molar refractivity (Wildman–Crippen MR) is 69.2 cm³/mol. The minimum atomic E-state index is 0. The van der Waals surface area contributed by atoms with Gasteiger partial charge in [-0.05, 0) is 36.5 Å². The van der Waals surface area contributed by atoms with E-state index in [2.05, 4.69) is 25.1 Å². The molecule has 2 rings (SSSR count). The highest BCUT2D eigenvalue weighted by molar-refractivity contribution is 5.85. The van der Waals surface area contributed by atoms with Crippen LogP contribution in [0.25, 0.3) is 0 Å². The number of hydrogen-bond donors (Lipinski definition) is 1. The smallest absolute Gasteiger partial charge is 0.122 e. The van der Waals surface area contributed by atoms with Gasteiger partial charge in [-0.2, -0.15) is 0 Å². The van der Waals surface area contributed by atoms with E-state index < -0.39 is 0 Å². The van der Waals surface area contributed by atoms with Crippen LogP contribution in [0.15, 0.2) is 18.2 Å². The lowest BCUT2D eigenvalue weighted by molar-refractivity contribution is 0.410. The van der Waals surface area contributed by atoms with Crippen molar-refractivity contribution >= 4 is 12.4 Å². The fourth-order valence-electron chi connectivity index (χ4n) is 1.92. The third kappa shape index (κ3) is 3.13. The molecule has 0 saturated heterocycles. The average molecular weight is 242 g/mol. The molecule has 0 spiro atoms. The van der Waals surface area contributed by atoms with Gasteiger partial charge in [0.25, 0.3) is 0 Å². The summed E-state index contributed by atoms with van der Waals surface area (Å²) in [6, 6.07) is 6.45. The van der Waals surface area contributed by atoms with E-state index in [1.807, 2.05) is 0 Å². The number of rotatable bonds is 4. The summed E-state index contributed by atoms with van der Waals surface area (Å²) < 4.78 is 5.30.